The fraction of sp³-hybridized carbons (Fsp3) is 0.750. The third-order valence-electron chi connectivity index (χ3n) is 5.52. The number of aliphatic hydroxyl groups excluding tert-OH is 1. The van der Waals surface area contributed by atoms with Gasteiger partial charge in [-0.1, -0.05) is 0 Å². The number of likely N-dealkylation sites (tertiary alicyclic amines) is 1. The van der Waals surface area contributed by atoms with Gasteiger partial charge in [-0.2, -0.15) is 0 Å². The van der Waals surface area contributed by atoms with Gasteiger partial charge in [-0.3, -0.25) is 19.2 Å². The van der Waals surface area contributed by atoms with Gasteiger partial charge < -0.3 is 42.9 Å². The summed E-state index contributed by atoms with van der Waals surface area (Å²) in [6, 6.07) is -4.46. The van der Waals surface area contributed by atoms with Gasteiger partial charge in [0.2, 0.25) is 23.6 Å². The van der Waals surface area contributed by atoms with Crippen molar-refractivity contribution < 1.29 is 34.2 Å². The fourth-order valence-electron chi connectivity index (χ4n) is 3.55. The van der Waals surface area contributed by atoms with E-state index in [9.17, 15) is 34.2 Å². The predicted molar refractivity (Wildman–Crippen MR) is 117 cm³/mol. The minimum absolute atomic E-state index is 0.192. The number of hydrogen-bond acceptors (Lipinski definition) is 8. The van der Waals surface area contributed by atoms with Crippen molar-refractivity contribution in [1.29, 1.82) is 0 Å². The number of amides is 4. The van der Waals surface area contributed by atoms with Crippen LogP contribution in [0.1, 0.15) is 51.9 Å². The van der Waals surface area contributed by atoms with Crippen LogP contribution in [-0.4, -0.2) is 88.1 Å². The molecular weight excluding hydrogens is 436 g/mol. The van der Waals surface area contributed by atoms with Crippen LogP contribution >= 0.6 is 0 Å². The summed E-state index contributed by atoms with van der Waals surface area (Å²) in [7, 11) is 0. The highest BCUT2D eigenvalue weighted by atomic mass is 16.4. The van der Waals surface area contributed by atoms with E-state index >= 15 is 0 Å². The number of carboxylic acid groups (broad SMARTS) is 1. The van der Waals surface area contributed by atoms with E-state index in [1.165, 1.54) is 11.8 Å². The van der Waals surface area contributed by atoms with Crippen LogP contribution in [0.25, 0.3) is 0 Å². The summed E-state index contributed by atoms with van der Waals surface area (Å²) in [4.78, 5) is 62.0. The van der Waals surface area contributed by atoms with Gasteiger partial charge in [0, 0.05) is 13.0 Å². The van der Waals surface area contributed by atoms with E-state index in [0.29, 0.717) is 32.2 Å². The molecule has 13 nitrogen and oxygen atoms in total. The van der Waals surface area contributed by atoms with E-state index in [1.807, 2.05) is 0 Å². The summed E-state index contributed by atoms with van der Waals surface area (Å²) >= 11 is 0. The summed E-state index contributed by atoms with van der Waals surface area (Å²) in [6.45, 7) is 2.04. The zero-order valence-corrected chi connectivity index (χ0v) is 18.9. The van der Waals surface area contributed by atoms with Gasteiger partial charge in [0.05, 0.1) is 6.10 Å². The molecule has 0 saturated carbocycles. The lowest BCUT2D eigenvalue weighted by atomic mass is 10.1. The SMILES string of the molecule is CC(O)C(N)C(=O)N1CCCC1C(=O)NC(CCCCN)C(=O)NC(CCC(N)=O)C(=O)O. The van der Waals surface area contributed by atoms with E-state index in [0.717, 1.165) is 0 Å². The molecule has 1 aliphatic heterocycles. The highest BCUT2D eigenvalue weighted by Crippen LogP contribution is 2.19. The molecule has 0 spiro atoms. The Balaban J connectivity index is 2.91. The number of aliphatic hydroxyl groups is 1. The third kappa shape index (κ3) is 8.94. The number of carbonyl (C=O) groups excluding carboxylic acids is 4. The first-order chi connectivity index (χ1) is 15.5. The van der Waals surface area contributed by atoms with Gasteiger partial charge in [0.15, 0.2) is 0 Å². The lowest BCUT2D eigenvalue weighted by Crippen LogP contribution is -2.57. The second kappa shape index (κ2) is 13.7. The summed E-state index contributed by atoms with van der Waals surface area (Å²) in [5.41, 5.74) is 16.3. The molecule has 1 rings (SSSR count). The van der Waals surface area contributed by atoms with Crippen LogP contribution in [0.3, 0.4) is 0 Å². The van der Waals surface area contributed by atoms with Crippen LogP contribution in [0, 0.1) is 0 Å². The second-order valence-corrected chi connectivity index (χ2v) is 8.21. The van der Waals surface area contributed by atoms with Crippen LogP contribution in [0.15, 0.2) is 0 Å². The lowest BCUT2D eigenvalue weighted by Gasteiger charge is -2.29. The second-order valence-electron chi connectivity index (χ2n) is 8.21. The van der Waals surface area contributed by atoms with Crippen molar-refractivity contribution in [3.05, 3.63) is 0 Å². The number of carboxylic acids is 1. The number of unbranched alkanes of at least 4 members (excludes halogenated alkanes) is 1. The van der Waals surface area contributed by atoms with Gasteiger partial charge in [0.1, 0.15) is 24.2 Å². The van der Waals surface area contributed by atoms with E-state index in [4.69, 9.17) is 17.2 Å². The molecule has 4 amide bonds. The van der Waals surface area contributed by atoms with Crippen molar-refractivity contribution in [3.8, 4) is 0 Å². The van der Waals surface area contributed by atoms with Crippen LogP contribution in [0.5, 0.6) is 0 Å². The molecule has 10 N–H and O–H groups in total. The Morgan fingerprint density at radius 1 is 1.09 bits per heavy atom. The van der Waals surface area contributed by atoms with E-state index in [1.54, 1.807) is 0 Å². The quantitative estimate of drug-likeness (QED) is 0.129. The maximum atomic E-state index is 12.9. The monoisotopic (exact) mass is 472 g/mol. The number of rotatable bonds is 14. The Labute approximate surface area is 192 Å². The molecule has 5 atom stereocenters. The van der Waals surface area contributed by atoms with Crippen molar-refractivity contribution in [3.63, 3.8) is 0 Å². The van der Waals surface area contributed by atoms with E-state index < -0.39 is 59.9 Å². The number of nitrogens with two attached hydrogens (primary N) is 3. The highest BCUT2D eigenvalue weighted by molar-refractivity contribution is 5.94. The van der Waals surface area contributed by atoms with Crippen LogP contribution in [0.2, 0.25) is 0 Å². The molecule has 0 radical (unpaired) electrons. The van der Waals surface area contributed by atoms with Gasteiger partial charge in [0.25, 0.3) is 0 Å². The van der Waals surface area contributed by atoms with Gasteiger partial charge >= 0.3 is 5.97 Å². The zero-order valence-electron chi connectivity index (χ0n) is 18.9. The molecule has 1 aliphatic rings. The predicted octanol–water partition coefficient (Wildman–Crippen LogP) is -2.87. The molecular formula is C20H36N6O7. The average molecular weight is 473 g/mol. The van der Waals surface area contributed by atoms with Crippen molar-refractivity contribution in [2.75, 3.05) is 13.1 Å². The summed E-state index contributed by atoms with van der Waals surface area (Å²) < 4.78 is 0. The van der Waals surface area contributed by atoms with Gasteiger partial charge in [-0.05, 0) is 52.0 Å². The standard InChI is InChI=1S/C20H36N6O7/c1-11(27)16(23)19(31)26-10-4-6-14(26)18(30)24-12(5-2-3-9-21)17(29)25-13(20(32)33)7-8-15(22)28/h11-14,16,27H,2-10,21,23H2,1H3,(H2,22,28)(H,24,30)(H,25,29)(H,32,33). The van der Waals surface area contributed by atoms with Crippen LogP contribution < -0.4 is 27.8 Å². The number of carbonyl (C=O) groups is 5. The molecule has 5 unspecified atom stereocenters. The van der Waals surface area contributed by atoms with Crippen LogP contribution in [0.4, 0.5) is 0 Å². The summed E-state index contributed by atoms with van der Waals surface area (Å²) in [6.07, 6.45) is 0.669. The first-order valence-corrected chi connectivity index (χ1v) is 11.1. The molecule has 188 valence electrons. The molecule has 33 heavy (non-hydrogen) atoms. The molecule has 0 aromatic rings. The van der Waals surface area contributed by atoms with Crippen molar-refractivity contribution in [1.82, 2.24) is 15.5 Å². The minimum Gasteiger partial charge on any atom is -0.480 e. The van der Waals surface area contributed by atoms with E-state index in [2.05, 4.69) is 10.6 Å². The summed E-state index contributed by atoms with van der Waals surface area (Å²) in [5.74, 6) is -3.91. The van der Waals surface area contributed by atoms with Gasteiger partial charge in [-0.15, -0.1) is 0 Å². The first-order valence-electron chi connectivity index (χ1n) is 11.1. The Kier molecular flexibility index (Phi) is 11.7. The number of hydrogen-bond donors (Lipinski definition) is 7. The first kappa shape index (κ1) is 28.3. The topological polar surface area (TPSA) is 231 Å². The van der Waals surface area contributed by atoms with Gasteiger partial charge in [-0.25, -0.2) is 4.79 Å². The average Bonchev–Trinajstić information content (AvgIpc) is 3.24. The van der Waals surface area contributed by atoms with Crippen molar-refractivity contribution in [2.24, 2.45) is 17.2 Å². The van der Waals surface area contributed by atoms with Crippen molar-refractivity contribution in [2.45, 2.75) is 82.1 Å². The maximum Gasteiger partial charge on any atom is 0.326 e. The molecule has 1 saturated heterocycles. The number of aliphatic carboxylic acids is 1. The molecule has 1 heterocycles. The smallest absolute Gasteiger partial charge is 0.326 e. The third-order valence-corrected chi connectivity index (χ3v) is 5.52. The molecule has 0 aromatic heterocycles. The molecule has 13 heteroatoms. The zero-order chi connectivity index (χ0) is 25.1. The number of nitrogens with zero attached hydrogens (tertiary/aromatic N) is 1. The summed E-state index contributed by atoms with van der Waals surface area (Å²) in [5, 5.41) is 23.9. The molecule has 0 aliphatic carbocycles. The maximum absolute atomic E-state index is 12.9. The Morgan fingerprint density at radius 3 is 2.30 bits per heavy atom. The Morgan fingerprint density at radius 2 is 1.76 bits per heavy atom. The Bertz CT molecular complexity index is 717. The molecule has 0 aromatic carbocycles. The fourth-order valence-corrected chi connectivity index (χ4v) is 3.55. The lowest BCUT2D eigenvalue weighted by molar-refractivity contribution is -0.143. The van der Waals surface area contributed by atoms with E-state index in [-0.39, 0.29) is 25.8 Å². The Hall–Kier alpha value is -2.77. The van der Waals surface area contributed by atoms with Crippen LogP contribution in [-0.2, 0) is 24.0 Å². The molecule has 1 fully saturated rings. The number of nitrogens with one attached hydrogen (secondary N) is 2. The highest BCUT2D eigenvalue weighted by Gasteiger charge is 2.38. The minimum atomic E-state index is -1.35. The number of primary amides is 1. The largest absolute Gasteiger partial charge is 0.480 e. The normalized spacial score (nSPS) is 19.3. The molecule has 0 bridgehead atoms. The van der Waals surface area contributed by atoms with Crippen molar-refractivity contribution >= 4 is 29.6 Å².